The molecule has 4 aromatic carbocycles. The molecule has 0 atom stereocenters. The largest absolute Gasteiger partial charge is 0.507 e. The molecule has 41 heavy (non-hydrogen) atoms. The van der Waals surface area contributed by atoms with Crippen molar-refractivity contribution in [3.05, 3.63) is 131 Å². The fraction of sp³-hybridized carbons (Fsp3) is 0.222. The van der Waals surface area contributed by atoms with Crippen LogP contribution in [0.3, 0.4) is 0 Å². The number of allylic oxidation sites excluding steroid dienone is 1. The lowest BCUT2D eigenvalue weighted by Crippen LogP contribution is -2.14. The van der Waals surface area contributed by atoms with Gasteiger partial charge in [0, 0.05) is 34.3 Å². The van der Waals surface area contributed by atoms with E-state index in [4.69, 9.17) is 5.11 Å². The second-order valence-corrected chi connectivity index (χ2v) is 12.3. The molecule has 5 nitrogen and oxygen atoms in total. The quantitative estimate of drug-likeness (QED) is 0.137. The number of carboxylic acids is 1. The van der Waals surface area contributed by atoms with E-state index in [2.05, 4.69) is 95.0 Å². The van der Waals surface area contributed by atoms with Crippen molar-refractivity contribution >= 4 is 34.6 Å². The van der Waals surface area contributed by atoms with Crippen molar-refractivity contribution in [1.29, 1.82) is 0 Å². The summed E-state index contributed by atoms with van der Waals surface area (Å²) in [5.74, 6) is -1.64. The number of aliphatic hydroxyl groups is 1. The normalized spacial score (nSPS) is 12.2. The SMILES string of the molecule is CC(C)(C)c1ccc(N(c2ccc(/C(O)=C/C(=O)c3ccc(C(=O)O)cc3)cc2)c2ccc(C(C)(C)C)cc2)cc1. The highest BCUT2D eigenvalue weighted by Gasteiger charge is 2.19. The Hall–Kier alpha value is -4.64. The fourth-order valence-electron chi connectivity index (χ4n) is 4.52. The van der Waals surface area contributed by atoms with Gasteiger partial charge in [0.15, 0.2) is 5.78 Å². The van der Waals surface area contributed by atoms with Crippen LogP contribution in [-0.4, -0.2) is 22.0 Å². The monoisotopic (exact) mass is 547 g/mol. The fourth-order valence-corrected chi connectivity index (χ4v) is 4.52. The second kappa shape index (κ2) is 11.5. The Bertz CT molecular complexity index is 1490. The van der Waals surface area contributed by atoms with Crippen LogP contribution in [0.2, 0.25) is 0 Å². The van der Waals surface area contributed by atoms with Crippen LogP contribution in [0.4, 0.5) is 17.1 Å². The van der Waals surface area contributed by atoms with Gasteiger partial charge in [-0.2, -0.15) is 0 Å². The third-order valence-corrected chi connectivity index (χ3v) is 7.09. The summed E-state index contributed by atoms with van der Waals surface area (Å²) < 4.78 is 0. The second-order valence-electron chi connectivity index (χ2n) is 12.3. The van der Waals surface area contributed by atoms with Crippen LogP contribution in [0.25, 0.3) is 5.76 Å². The van der Waals surface area contributed by atoms with E-state index in [0.717, 1.165) is 23.1 Å². The summed E-state index contributed by atoms with van der Waals surface area (Å²) in [6, 6.07) is 30.1. The van der Waals surface area contributed by atoms with Crippen LogP contribution in [-0.2, 0) is 10.8 Å². The van der Waals surface area contributed by atoms with E-state index in [1.54, 1.807) is 12.1 Å². The Labute approximate surface area is 242 Å². The van der Waals surface area contributed by atoms with E-state index >= 15 is 0 Å². The Kier molecular flexibility index (Phi) is 8.20. The van der Waals surface area contributed by atoms with E-state index < -0.39 is 11.8 Å². The molecule has 0 fully saturated rings. The van der Waals surface area contributed by atoms with Crippen molar-refractivity contribution in [2.75, 3.05) is 4.90 Å². The van der Waals surface area contributed by atoms with Crippen LogP contribution in [0.1, 0.15) is 78.9 Å². The summed E-state index contributed by atoms with van der Waals surface area (Å²) in [4.78, 5) is 25.9. The summed E-state index contributed by atoms with van der Waals surface area (Å²) in [7, 11) is 0. The summed E-state index contributed by atoms with van der Waals surface area (Å²) in [5.41, 5.74) is 6.38. The van der Waals surface area contributed by atoms with Crippen molar-refractivity contribution in [1.82, 2.24) is 0 Å². The average molecular weight is 548 g/mol. The number of rotatable bonds is 7. The standard InChI is InChI=1S/C36H37NO4/c1-35(2,3)27-13-19-30(20-14-27)37(31-21-15-28(16-22-31)36(4,5)6)29-17-11-25(12-18-29)33(39)23-32(38)24-7-9-26(10-8-24)34(40)41/h7-23,39H,1-6H3,(H,40,41)/b33-23-. The van der Waals surface area contributed by atoms with Gasteiger partial charge < -0.3 is 15.1 Å². The van der Waals surface area contributed by atoms with E-state index in [1.165, 1.54) is 35.4 Å². The molecule has 0 aliphatic rings. The Morgan fingerprint density at radius 3 is 1.24 bits per heavy atom. The summed E-state index contributed by atoms with van der Waals surface area (Å²) >= 11 is 0. The molecule has 2 N–H and O–H groups in total. The molecule has 0 heterocycles. The van der Waals surface area contributed by atoms with Crippen molar-refractivity contribution in [2.24, 2.45) is 0 Å². The van der Waals surface area contributed by atoms with E-state index in [1.807, 2.05) is 12.1 Å². The Morgan fingerprint density at radius 1 is 0.537 bits per heavy atom. The van der Waals surface area contributed by atoms with Crippen LogP contribution >= 0.6 is 0 Å². The molecule has 4 aromatic rings. The number of aliphatic hydroxyl groups excluding tert-OH is 1. The van der Waals surface area contributed by atoms with Gasteiger partial charge in [0.05, 0.1) is 5.56 Å². The maximum Gasteiger partial charge on any atom is 0.335 e. The van der Waals surface area contributed by atoms with Crippen LogP contribution in [0.5, 0.6) is 0 Å². The molecule has 0 unspecified atom stereocenters. The molecule has 0 aliphatic carbocycles. The van der Waals surface area contributed by atoms with Gasteiger partial charge in [-0.3, -0.25) is 4.79 Å². The molecule has 0 amide bonds. The zero-order chi connectivity index (χ0) is 29.9. The molecule has 0 aromatic heterocycles. The molecule has 0 spiro atoms. The first-order chi connectivity index (χ1) is 19.2. The van der Waals surface area contributed by atoms with Gasteiger partial charge >= 0.3 is 5.97 Å². The molecule has 4 rings (SSSR count). The van der Waals surface area contributed by atoms with Crippen LogP contribution in [0.15, 0.2) is 103 Å². The highest BCUT2D eigenvalue weighted by Crippen LogP contribution is 2.37. The Morgan fingerprint density at radius 2 is 0.878 bits per heavy atom. The number of hydrogen-bond acceptors (Lipinski definition) is 4. The minimum Gasteiger partial charge on any atom is -0.507 e. The molecule has 0 saturated heterocycles. The van der Waals surface area contributed by atoms with Gasteiger partial charge in [0.25, 0.3) is 0 Å². The van der Waals surface area contributed by atoms with Crippen molar-refractivity contribution in [3.8, 4) is 0 Å². The number of carboxylic acid groups (broad SMARTS) is 1. The first kappa shape index (κ1) is 29.3. The molecule has 0 radical (unpaired) electrons. The number of benzene rings is 4. The molecule has 210 valence electrons. The van der Waals surface area contributed by atoms with Crippen molar-refractivity contribution < 1.29 is 19.8 Å². The molecular formula is C36H37NO4. The number of carbonyl (C=O) groups is 2. The number of aromatic carboxylic acids is 1. The van der Waals surface area contributed by atoms with Crippen molar-refractivity contribution in [3.63, 3.8) is 0 Å². The summed E-state index contributed by atoms with van der Waals surface area (Å²) in [6.07, 6.45) is 1.15. The van der Waals surface area contributed by atoms with E-state index in [0.29, 0.717) is 11.1 Å². The summed E-state index contributed by atoms with van der Waals surface area (Å²) in [6.45, 7) is 13.2. The summed E-state index contributed by atoms with van der Waals surface area (Å²) in [5, 5.41) is 19.8. The molecule has 0 aliphatic heterocycles. The highest BCUT2D eigenvalue weighted by atomic mass is 16.4. The lowest BCUT2D eigenvalue weighted by molar-refractivity contribution is 0.0696. The molecule has 0 saturated carbocycles. The topological polar surface area (TPSA) is 77.8 Å². The van der Waals surface area contributed by atoms with Crippen molar-refractivity contribution in [2.45, 2.75) is 52.4 Å². The third-order valence-electron chi connectivity index (χ3n) is 7.09. The minimum atomic E-state index is -1.06. The maximum absolute atomic E-state index is 12.7. The van der Waals surface area contributed by atoms with Gasteiger partial charge in [-0.15, -0.1) is 0 Å². The molecular weight excluding hydrogens is 510 g/mol. The van der Waals surface area contributed by atoms with Gasteiger partial charge in [-0.05, 0) is 82.6 Å². The minimum absolute atomic E-state index is 0.0406. The number of carbonyl (C=O) groups excluding carboxylic acids is 1. The van der Waals surface area contributed by atoms with Crippen LogP contribution < -0.4 is 4.90 Å². The van der Waals surface area contributed by atoms with Gasteiger partial charge in [-0.1, -0.05) is 77.9 Å². The zero-order valence-corrected chi connectivity index (χ0v) is 24.5. The third kappa shape index (κ3) is 6.93. The molecule has 0 bridgehead atoms. The maximum atomic E-state index is 12.7. The highest BCUT2D eigenvalue weighted by molar-refractivity contribution is 6.08. The van der Waals surface area contributed by atoms with Gasteiger partial charge in [0.1, 0.15) is 5.76 Å². The number of anilines is 3. The zero-order valence-electron chi connectivity index (χ0n) is 24.5. The molecule has 5 heteroatoms. The first-order valence-corrected chi connectivity index (χ1v) is 13.6. The smallest absolute Gasteiger partial charge is 0.335 e. The average Bonchev–Trinajstić information content (AvgIpc) is 2.93. The first-order valence-electron chi connectivity index (χ1n) is 13.6. The van der Waals surface area contributed by atoms with E-state index in [9.17, 15) is 14.7 Å². The lowest BCUT2D eigenvalue weighted by Gasteiger charge is -2.28. The predicted octanol–water partition coefficient (Wildman–Crippen LogP) is 9.23. The van der Waals surface area contributed by atoms with Gasteiger partial charge in [-0.25, -0.2) is 4.79 Å². The van der Waals surface area contributed by atoms with Crippen LogP contribution in [0, 0.1) is 0 Å². The Balaban J connectivity index is 1.66. The number of hydrogen-bond donors (Lipinski definition) is 2. The van der Waals surface area contributed by atoms with Gasteiger partial charge in [0.2, 0.25) is 0 Å². The number of ketones is 1. The number of nitrogens with zero attached hydrogens (tertiary/aromatic N) is 1. The predicted molar refractivity (Wildman–Crippen MR) is 167 cm³/mol. The van der Waals surface area contributed by atoms with E-state index in [-0.39, 0.29) is 22.2 Å². The lowest BCUT2D eigenvalue weighted by atomic mass is 9.86.